The number of rotatable bonds is 4. The molecule has 0 saturated heterocycles. The maximum Gasteiger partial charge on any atom is 0.318 e. The lowest BCUT2D eigenvalue weighted by molar-refractivity contribution is -0.201. The van der Waals surface area contributed by atoms with Gasteiger partial charge in [0, 0.05) is 29.7 Å². The van der Waals surface area contributed by atoms with Crippen LogP contribution in [0.3, 0.4) is 0 Å². The van der Waals surface area contributed by atoms with Crippen molar-refractivity contribution in [1.29, 1.82) is 0 Å². The predicted octanol–water partition coefficient (Wildman–Crippen LogP) is 2.66. The Balaban J connectivity index is 2.00. The molecule has 0 amide bonds. The van der Waals surface area contributed by atoms with Crippen LogP contribution in [0.5, 0.6) is 28.7 Å². The van der Waals surface area contributed by atoms with Gasteiger partial charge in [0.1, 0.15) is 34.3 Å². The molecule has 144 valence electrons. The molecule has 0 fully saturated rings. The number of aliphatic hydroxyl groups is 1. The van der Waals surface area contributed by atoms with Gasteiger partial charge in [0.2, 0.25) is 11.4 Å². The number of hydrogen-bond acceptors (Lipinski definition) is 7. The molecule has 0 bridgehead atoms. The maximum atomic E-state index is 13.3. The number of carbonyl (C=O) groups is 1. The maximum absolute atomic E-state index is 13.3. The van der Waals surface area contributed by atoms with E-state index < -0.39 is 22.9 Å². The Hall–Kier alpha value is -3.45. The SMILES string of the molecule is C=CCc1c(O)cc2c(c1O)C(=O)[C@@]1(O)Oc3cc(O)ccc3[C@@]1(CC=C)O2. The van der Waals surface area contributed by atoms with E-state index in [9.17, 15) is 25.2 Å². The molecule has 0 aliphatic carbocycles. The lowest BCUT2D eigenvalue weighted by Crippen LogP contribution is -2.62. The predicted molar refractivity (Wildman–Crippen MR) is 98.8 cm³/mol. The zero-order valence-corrected chi connectivity index (χ0v) is 14.8. The largest absolute Gasteiger partial charge is 0.508 e. The smallest absolute Gasteiger partial charge is 0.318 e. The molecule has 0 unspecified atom stereocenters. The molecule has 4 N–H and O–H groups in total. The summed E-state index contributed by atoms with van der Waals surface area (Å²) < 4.78 is 11.6. The van der Waals surface area contributed by atoms with Crippen molar-refractivity contribution < 1.29 is 34.7 Å². The van der Waals surface area contributed by atoms with Gasteiger partial charge in [-0.15, -0.1) is 13.2 Å². The fourth-order valence-corrected chi connectivity index (χ4v) is 3.88. The summed E-state index contributed by atoms with van der Waals surface area (Å²) in [6.07, 6.45) is 3.00. The van der Waals surface area contributed by atoms with Crippen molar-refractivity contribution in [2.24, 2.45) is 0 Å². The third-order valence-corrected chi connectivity index (χ3v) is 5.15. The Morgan fingerprint density at radius 2 is 1.79 bits per heavy atom. The second-order valence-electron chi connectivity index (χ2n) is 6.77. The number of phenols is 3. The van der Waals surface area contributed by atoms with Gasteiger partial charge in [0.05, 0.1) is 0 Å². The fraction of sp³-hybridized carbons (Fsp3) is 0.190. The fourth-order valence-electron chi connectivity index (χ4n) is 3.88. The number of fused-ring (bicyclic) bond motifs is 4. The van der Waals surface area contributed by atoms with Crippen LogP contribution in [-0.4, -0.2) is 32.0 Å². The van der Waals surface area contributed by atoms with Crippen LogP contribution in [0.2, 0.25) is 0 Å². The number of aromatic hydroxyl groups is 3. The molecular formula is C21H18O7. The van der Waals surface area contributed by atoms with E-state index in [1.54, 1.807) is 0 Å². The second kappa shape index (κ2) is 5.77. The van der Waals surface area contributed by atoms with Crippen molar-refractivity contribution in [2.75, 3.05) is 0 Å². The minimum atomic E-state index is -2.50. The van der Waals surface area contributed by atoms with E-state index in [0.29, 0.717) is 5.56 Å². The number of ether oxygens (including phenoxy) is 2. The Labute approximate surface area is 160 Å². The third kappa shape index (κ3) is 2.05. The van der Waals surface area contributed by atoms with E-state index in [0.717, 1.165) is 0 Å². The highest BCUT2D eigenvalue weighted by molar-refractivity contribution is 6.09. The van der Waals surface area contributed by atoms with Gasteiger partial charge in [-0.25, -0.2) is 0 Å². The van der Waals surface area contributed by atoms with Crippen LogP contribution in [0.25, 0.3) is 0 Å². The summed E-state index contributed by atoms with van der Waals surface area (Å²) in [4.78, 5) is 13.3. The van der Waals surface area contributed by atoms with E-state index in [1.165, 1.54) is 36.4 Å². The van der Waals surface area contributed by atoms with Gasteiger partial charge in [-0.05, 0) is 18.6 Å². The molecule has 0 radical (unpaired) electrons. The first-order valence-corrected chi connectivity index (χ1v) is 8.57. The Morgan fingerprint density at radius 3 is 2.46 bits per heavy atom. The van der Waals surface area contributed by atoms with Gasteiger partial charge >= 0.3 is 5.79 Å². The number of phenolic OH excluding ortho intramolecular Hbond substituents is 3. The van der Waals surface area contributed by atoms with Crippen LogP contribution >= 0.6 is 0 Å². The minimum absolute atomic E-state index is 0.0115. The van der Waals surface area contributed by atoms with Crippen LogP contribution in [0.4, 0.5) is 0 Å². The van der Waals surface area contributed by atoms with Crippen molar-refractivity contribution in [3.63, 3.8) is 0 Å². The highest BCUT2D eigenvalue weighted by Crippen LogP contribution is 2.58. The highest BCUT2D eigenvalue weighted by atomic mass is 16.7. The number of Topliss-reactive ketones (excluding diaryl/α,β-unsaturated/α-hetero) is 1. The van der Waals surface area contributed by atoms with Crippen molar-refractivity contribution >= 4 is 5.78 Å². The molecular weight excluding hydrogens is 364 g/mol. The first kappa shape index (κ1) is 17.9. The van der Waals surface area contributed by atoms with Crippen molar-refractivity contribution in [3.05, 3.63) is 66.3 Å². The number of benzene rings is 2. The quantitative estimate of drug-likeness (QED) is 0.601. The van der Waals surface area contributed by atoms with E-state index in [-0.39, 0.29) is 47.0 Å². The molecule has 4 rings (SSSR count). The van der Waals surface area contributed by atoms with E-state index in [1.807, 2.05) is 0 Å². The molecule has 0 saturated carbocycles. The summed E-state index contributed by atoms with van der Waals surface area (Å²) in [5.74, 6) is -4.34. The van der Waals surface area contributed by atoms with E-state index in [2.05, 4.69) is 13.2 Å². The Kier molecular flexibility index (Phi) is 3.70. The van der Waals surface area contributed by atoms with Crippen LogP contribution in [0, 0.1) is 0 Å². The van der Waals surface area contributed by atoms with Gasteiger partial charge in [0.25, 0.3) is 0 Å². The number of ketones is 1. The van der Waals surface area contributed by atoms with Gasteiger partial charge in [-0.3, -0.25) is 4.79 Å². The summed E-state index contributed by atoms with van der Waals surface area (Å²) in [6, 6.07) is 5.34. The van der Waals surface area contributed by atoms with Crippen LogP contribution in [-0.2, 0) is 12.0 Å². The average molecular weight is 382 g/mol. The topological polar surface area (TPSA) is 116 Å². The van der Waals surface area contributed by atoms with Crippen molar-refractivity contribution in [1.82, 2.24) is 0 Å². The summed E-state index contributed by atoms with van der Waals surface area (Å²) >= 11 is 0. The van der Waals surface area contributed by atoms with Gasteiger partial charge in [0.15, 0.2) is 0 Å². The summed E-state index contributed by atoms with van der Waals surface area (Å²) in [5.41, 5.74) is -1.57. The molecule has 2 heterocycles. The zero-order chi connectivity index (χ0) is 20.3. The molecule has 2 aliphatic heterocycles. The van der Waals surface area contributed by atoms with Crippen molar-refractivity contribution in [3.8, 4) is 28.7 Å². The average Bonchev–Trinajstić information content (AvgIpc) is 2.87. The highest BCUT2D eigenvalue weighted by Gasteiger charge is 2.69. The summed E-state index contributed by atoms with van der Waals surface area (Å²) in [5, 5.41) is 41.9. The van der Waals surface area contributed by atoms with Crippen molar-refractivity contribution in [2.45, 2.75) is 24.2 Å². The Morgan fingerprint density at radius 1 is 1.04 bits per heavy atom. The minimum Gasteiger partial charge on any atom is -0.508 e. The number of hydrogen-bond donors (Lipinski definition) is 4. The Bertz CT molecular complexity index is 1040. The molecule has 0 spiro atoms. The number of allylic oxidation sites excluding steroid dienone is 1. The van der Waals surface area contributed by atoms with Crippen LogP contribution in [0.1, 0.15) is 27.9 Å². The molecule has 7 nitrogen and oxygen atoms in total. The lowest BCUT2D eigenvalue weighted by Gasteiger charge is -2.43. The van der Waals surface area contributed by atoms with Gasteiger partial charge in [-0.1, -0.05) is 12.2 Å². The molecule has 2 aromatic carbocycles. The van der Waals surface area contributed by atoms with Gasteiger partial charge in [-0.2, -0.15) is 0 Å². The first-order valence-electron chi connectivity index (χ1n) is 8.57. The lowest BCUT2D eigenvalue weighted by atomic mass is 9.77. The molecule has 28 heavy (non-hydrogen) atoms. The summed E-state index contributed by atoms with van der Waals surface area (Å²) in [7, 11) is 0. The van der Waals surface area contributed by atoms with Crippen LogP contribution < -0.4 is 9.47 Å². The number of carbonyl (C=O) groups excluding carboxylic acids is 1. The molecule has 0 aromatic heterocycles. The monoisotopic (exact) mass is 382 g/mol. The zero-order valence-electron chi connectivity index (χ0n) is 14.8. The molecule has 7 heteroatoms. The second-order valence-corrected chi connectivity index (χ2v) is 6.77. The van der Waals surface area contributed by atoms with E-state index in [4.69, 9.17) is 9.47 Å². The standard InChI is InChI=1S/C21H18O7/c1-3-5-12-14(23)10-16-17(18(12)24)19(25)21(26)20(27-16,8-4-2)13-7-6-11(22)9-15(13)28-21/h3-4,6-7,9-10,22-24,26H,1-2,5,8H2/t20-,21-/m1/s1. The van der Waals surface area contributed by atoms with E-state index >= 15 is 0 Å². The first-order chi connectivity index (χ1) is 13.3. The van der Waals surface area contributed by atoms with Gasteiger partial charge < -0.3 is 29.9 Å². The van der Waals surface area contributed by atoms with Crippen LogP contribution in [0.15, 0.2) is 49.6 Å². The molecule has 2 aromatic rings. The normalized spacial score (nSPS) is 24.4. The summed E-state index contributed by atoms with van der Waals surface area (Å²) in [6.45, 7) is 7.23. The molecule has 2 atom stereocenters. The third-order valence-electron chi connectivity index (χ3n) is 5.15. The molecule has 2 aliphatic rings.